The van der Waals surface area contributed by atoms with Gasteiger partial charge in [-0.3, -0.25) is 0 Å². The fourth-order valence-corrected chi connectivity index (χ4v) is 1.83. The molecule has 0 heterocycles. The van der Waals surface area contributed by atoms with Crippen molar-refractivity contribution >= 4 is 20.7 Å². The zero-order chi connectivity index (χ0) is 13.8. The molecule has 0 saturated carbocycles. The van der Waals surface area contributed by atoms with E-state index < -0.39 is 8.07 Å². The molecule has 1 aromatic rings. The summed E-state index contributed by atoms with van der Waals surface area (Å²) >= 11 is 4.29. The van der Waals surface area contributed by atoms with E-state index in [-0.39, 0.29) is 5.60 Å². The van der Waals surface area contributed by atoms with Gasteiger partial charge in [0.05, 0.1) is 0 Å². The van der Waals surface area contributed by atoms with Crippen molar-refractivity contribution in [1.29, 1.82) is 0 Å². The lowest BCUT2D eigenvalue weighted by Crippen LogP contribution is -2.30. The molecule has 0 aliphatic heterocycles. The molecule has 0 bridgehead atoms. The van der Waals surface area contributed by atoms with Crippen molar-refractivity contribution in [3.63, 3.8) is 0 Å². The highest BCUT2D eigenvalue weighted by Gasteiger charge is 2.17. The van der Waals surface area contributed by atoms with Crippen LogP contribution in [0.2, 0.25) is 19.6 Å². The lowest BCUT2D eigenvalue weighted by molar-refractivity contribution is 0.136. The van der Waals surface area contributed by atoms with E-state index in [9.17, 15) is 0 Å². The molecule has 0 amide bonds. The van der Waals surface area contributed by atoms with Gasteiger partial charge >= 0.3 is 0 Å². The fourth-order valence-electron chi connectivity index (χ4n) is 1.25. The molecule has 18 heavy (non-hydrogen) atoms. The van der Waals surface area contributed by atoms with Gasteiger partial charge in [0, 0.05) is 11.3 Å². The van der Waals surface area contributed by atoms with Crippen LogP contribution in [0.25, 0.3) is 0 Å². The van der Waals surface area contributed by atoms with Crippen molar-refractivity contribution in [3.8, 4) is 17.2 Å². The average molecular weight is 278 g/mol. The summed E-state index contributed by atoms with van der Waals surface area (Å²) in [6.07, 6.45) is 0. The highest BCUT2D eigenvalue weighted by atomic mass is 32.1. The van der Waals surface area contributed by atoms with Gasteiger partial charge in [-0.2, -0.15) is 12.6 Å². The molecule has 0 fully saturated rings. The Bertz CT molecular complexity index is 463. The minimum Gasteiger partial charge on any atom is -0.487 e. The Morgan fingerprint density at radius 3 is 2.50 bits per heavy atom. The van der Waals surface area contributed by atoms with Crippen LogP contribution in [-0.4, -0.2) is 19.4 Å². The van der Waals surface area contributed by atoms with Crippen molar-refractivity contribution in [2.24, 2.45) is 0 Å². The van der Waals surface area contributed by atoms with Crippen LogP contribution < -0.4 is 4.74 Å². The number of ether oxygens (including phenoxy) is 1. The normalized spacial score (nSPS) is 11.7. The standard InChI is InChI=1S/C15H22OSSi/c1-15(2,12-17)16-14-8-6-7-13(11-14)9-10-18(3,4)5/h6-8,11,17H,12H2,1-5H3. The number of thiol groups is 1. The van der Waals surface area contributed by atoms with Crippen molar-refractivity contribution in [2.75, 3.05) is 5.75 Å². The summed E-state index contributed by atoms with van der Waals surface area (Å²) in [6.45, 7) is 10.8. The lowest BCUT2D eigenvalue weighted by Gasteiger charge is -2.24. The van der Waals surface area contributed by atoms with E-state index in [2.05, 4.69) is 43.7 Å². The van der Waals surface area contributed by atoms with E-state index in [1.165, 1.54) is 0 Å². The molecule has 1 rings (SSSR count). The first kappa shape index (κ1) is 15.2. The van der Waals surface area contributed by atoms with Crippen molar-refractivity contribution in [2.45, 2.75) is 39.1 Å². The van der Waals surface area contributed by atoms with E-state index in [0.29, 0.717) is 5.75 Å². The van der Waals surface area contributed by atoms with Crippen molar-refractivity contribution < 1.29 is 4.74 Å². The fraction of sp³-hybridized carbons (Fsp3) is 0.467. The van der Waals surface area contributed by atoms with Crippen molar-refractivity contribution in [1.82, 2.24) is 0 Å². The van der Waals surface area contributed by atoms with Gasteiger partial charge in [-0.05, 0) is 32.0 Å². The molecule has 0 spiro atoms. The second kappa shape index (κ2) is 5.86. The van der Waals surface area contributed by atoms with Gasteiger partial charge in [0.25, 0.3) is 0 Å². The summed E-state index contributed by atoms with van der Waals surface area (Å²) < 4.78 is 5.89. The number of hydrogen-bond acceptors (Lipinski definition) is 2. The number of hydrogen-bond donors (Lipinski definition) is 1. The predicted molar refractivity (Wildman–Crippen MR) is 85.2 cm³/mol. The van der Waals surface area contributed by atoms with Gasteiger partial charge in [-0.25, -0.2) is 0 Å². The molecule has 0 aromatic heterocycles. The summed E-state index contributed by atoms with van der Waals surface area (Å²) in [5.74, 6) is 4.78. The molecular weight excluding hydrogens is 256 g/mol. The zero-order valence-corrected chi connectivity index (χ0v) is 13.8. The van der Waals surface area contributed by atoms with Gasteiger partial charge in [-0.1, -0.05) is 31.6 Å². The van der Waals surface area contributed by atoms with Gasteiger partial charge < -0.3 is 4.74 Å². The molecule has 0 aliphatic carbocycles. The molecule has 0 radical (unpaired) electrons. The first-order valence-corrected chi connectivity index (χ1v) is 10.3. The highest BCUT2D eigenvalue weighted by molar-refractivity contribution is 7.80. The van der Waals surface area contributed by atoms with E-state index in [4.69, 9.17) is 4.74 Å². The largest absolute Gasteiger partial charge is 0.487 e. The van der Waals surface area contributed by atoms with Gasteiger partial charge in [-0.15, -0.1) is 5.54 Å². The Labute approximate surface area is 117 Å². The first-order chi connectivity index (χ1) is 8.22. The van der Waals surface area contributed by atoms with Crippen LogP contribution in [0.1, 0.15) is 19.4 Å². The summed E-state index contributed by atoms with van der Waals surface area (Å²) in [4.78, 5) is 0. The maximum absolute atomic E-state index is 5.89. The monoisotopic (exact) mass is 278 g/mol. The second-order valence-corrected chi connectivity index (χ2v) is 11.1. The Hall–Kier alpha value is -0.853. The molecule has 0 saturated heterocycles. The molecular formula is C15H22OSSi. The predicted octanol–water partition coefficient (Wildman–Crippen LogP) is 4.00. The minimum absolute atomic E-state index is 0.256. The quantitative estimate of drug-likeness (QED) is 0.499. The lowest BCUT2D eigenvalue weighted by atomic mass is 10.1. The molecule has 1 nitrogen and oxygen atoms in total. The van der Waals surface area contributed by atoms with E-state index in [0.717, 1.165) is 11.3 Å². The third-order valence-electron chi connectivity index (χ3n) is 2.19. The number of rotatable bonds is 3. The SMILES string of the molecule is CC(C)(CS)Oc1cccc(C#C[Si](C)(C)C)c1. The third-order valence-corrected chi connectivity index (χ3v) is 3.83. The summed E-state index contributed by atoms with van der Waals surface area (Å²) in [5, 5.41) is 0. The zero-order valence-electron chi connectivity index (χ0n) is 11.9. The molecule has 0 atom stereocenters. The van der Waals surface area contributed by atoms with Crippen LogP contribution in [0.15, 0.2) is 24.3 Å². The Morgan fingerprint density at radius 2 is 1.94 bits per heavy atom. The van der Waals surface area contributed by atoms with Crippen LogP contribution in [0.5, 0.6) is 5.75 Å². The topological polar surface area (TPSA) is 9.23 Å². The van der Waals surface area contributed by atoms with Gasteiger partial charge in [0.2, 0.25) is 0 Å². The maximum Gasteiger partial charge on any atom is 0.129 e. The Balaban J connectivity index is 2.89. The average Bonchev–Trinajstić information content (AvgIpc) is 2.25. The first-order valence-electron chi connectivity index (χ1n) is 6.15. The van der Waals surface area contributed by atoms with E-state index in [1.54, 1.807) is 0 Å². The second-order valence-electron chi connectivity index (χ2n) is 6.05. The van der Waals surface area contributed by atoms with Crippen LogP contribution in [0, 0.1) is 11.5 Å². The molecule has 0 unspecified atom stereocenters. The molecule has 3 heteroatoms. The van der Waals surface area contributed by atoms with Gasteiger partial charge in [0.1, 0.15) is 19.4 Å². The Kier molecular flexibility index (Phi) is 4.95. The van der Waals surface area contributed by atoms with E-state index in [1.807, 2.05) is 38.1 Å². The van der Waals surface area contributed by atoms with Crippen LogP contribution >= 0.6 is 12.6 Å². The highest BCUT2D eigenvalue weighted by Crippen LogP contribution is 2.20. The van der Waals surface area contributed by atoms with Crippen molar-refractivity contribution in [3.05, 3.63) is 29.8 Å². The molecule has 0 aliphatic rings. The summed E-state index contributed by atoms with van der Waals surface area (Å²) in [7, 11) is -1.33. The summed E-state index contributed by atoms with van der Waals surface area (Å²) in [5.41, 5.74) is 4.12. The molecule has 1 aromatic carbocycles. The molecule has 0 N–H and O–H groups in total. The molecule has 98 valence electrons. The van der Waals surface area contributed by atoms with Gasteiger partial charge in [0.15, 0.2) is 0 Å². The number of benzene rings is 1. The van der Waals surface area contributed by atoms with Crippen LogP contribution in [-0.2, 0) is 0 Å². The third kappa shape index (κ3) is 5.66. The summed E-state index contributed by atoms with van der Waals surface area (Å²) in [6, 6.07) is 7.97. The van der Waals surface area contributed by atoms with Crippen LogP contribution in [0.3, 0.4) is 0 Å². The minimum atomic E-state index is -1.33. The van der Waals surface area contributed by atoms with Crippen LogP contribution in [0.4, 0.5) is 0 Å². The smallest absolute Gasteiger partial charge is 0.129 e. The van der Waals surface area contributed by atoms with E-state index >= 15 is 0 Å². The Morgan fingerprint density at radius 1 is 1.28 bits per heavy atom. The maximum atomic E-state index is 5.89.